The number of nitrogens with one attached hydrogen (secondary N) is 1. The molecule has 0 aliphatic carbocycles. The van der Waals surface area contributed by atoms with Crippen LogP contribution >= 0.6 is 0 Å². The number of carbonyl (C=O) groups excluding carboxylic acids is 3. The van der Waals surface area contributed by atoms with Gasteiger partial charge in [-0.15, -0.1) is 0 Å². The van der Waals surface area contributed by atoms with Crippen molar-refractivity contribution in [1.29, 1.82) is 0 Å². The number of nitrogens with zero attached hydrogens (tertiary/aromatic N) is 6. The number of piperidine rings is 2. The van der Waals surface area contributed by atoms with Crippen LogP contribution in [0.5, 0.6) is 0 Å². The summed E-state index contributed by atoms with van der Waals surface area (Å²) in [5.41, 5.74) is 7.49. The van der Waals surface area contributed by atoms with Crippen LogP contribution < -0.4 is 20.7 Å². The number of aldehydes is 1. The Labute approximate surface area is 323 Å². The van der Waals surface area contributed by atoms with Gasteiger partial charge in [-0.3, -0.25) is 34.1 Å². The third-order valence-electron chi connectivity index (χ3n) is 11.9. The van der Waals surface area contributed by atoms with Gasteiger partial charge in [-0.25, -0.2) is 8.78 Å². The molecule has 2 fully saturated rings. The minimum Gasteiger partial charge on any atom is -0.371 e. The number of pyridine rings is 1. The first-order valence-electron chi connectivity index (χ1n) is 19.2. The molecule has 11 nitrogen and oxygen atoms in total. The second-order valence-electron chi connectivity index (χ2n) is 15.3. The molecule has 1 N–H and O–H groups in total. The van der Waals surface area contributed by atoms with Gasteiger partial charge < -0.3 is 14.4 Å². The molecule has 0 bridgehead atoms. The number of fused-ring (bicyclic) bond motifs is 2. The Morgan fingerprint density at radius 2 is 1.79 bits per heavy atom. The van der Waals surface area contributed by atoms with Crippen molar-refractivity contribution in [2.45, 2.75) is 70.5 Å². The lowest BCUT2D eigenvalue weighted by atomic mass is 9.92. The van der Waals surface area contributed by atoms with Gasteiger partial charge in [-0.05, 0) is 111 Å². The minimum absolute atomic E-state index is 0.0355. The van der Waals surface area contributed by atoms with Crippen LogP contribution in [0.4, 0.5) is 25.8 Å². The standard InChI is InChI=1S/C43H45F2N7O4/c1-26-18-35-36(49(3)43(26)56)7-4-8-37(35)51-15-5-6-27-20-33(34(41(44)45)21-39(27)51)30-22-46-52(24-30)31-13-16-50(17-14-31)32-10-9-28(25-53)29(19-32)23-48(2)38-11-12-40(54)47-42(38)55/h4,7-10,18-22,24-25,31,38,41H,5-6,11-17,23H2,1-3H3,(H,47,54,55). The van der Waals surface area contributed by atoms with Crippen LogP contribution in [0.25, 0.3) is 22.0 Å². The zero-order valence-electron chi connectivity index (χ0n) is 31.8. The van der Waals surface area contributed by atoms with Gasteiger partial charge in [-0.1, -0.05) is 6.07 Å². The van der Waals surface area contributed by atoms with E-state index in [-0.39, 0.29) is 35.4 Å². The molecule has 3 aliphatic rings. The summed E-state index contributed by atoms with van der Waals surface area (Å²) in [5.74, 6) is -0.582. The number of benzene rings is 3. The van der Waals surface area contributed by atoms with E-state index in [9.17, 15) is 28.0 Å². The molecule has 13 heteroatoms. The zero-order valence-corrected chi connectivity index (χ0v) is 31.8. The molecule has 3 aromatic carbocycles. The summed E-state index contributed by atoms with van der Waals surface area (Å²) in [5, 5.41) is 8.00. The Kier molecular flexibility index (Phi) is 10.0. The van der Waals surface area contributed by atoms with Crippen molar-refractivity contribution >= 4 is 46.1 Å². The summed E-state index contributed by atoms with van der Waals surface area (Å²) in [4.78, 5) is 55.0. The number of hydrogen-bond acceptors (Lipinski definition) is 8. The third kappa shape index (κ3) is 6.89. The highest BCUT2D eigenvalue weighted by Crippen LogP contribution is 2.43. The van der Waals surface area contributed by atoms with Crippen molar-refractivity contribution in [1.82, 2.24) is 24.6 Å². The fourth-order valence-electron chi connectivity index (χ4n) is 8.79. The van der Waals surface area contributed by atoms with Crippen molar-refractivity contribution < 1.29 is 23.2 Å². The number of anilines is 3. The molecule has 56 heavy (non-hydrogen) atoms. The third-order valence-corrected chi connectivity index (χ3v) is 11.9. The average molecular weight is 762 g/mol. The Balaban J connectivity index is 1.00. The highest BCUT2D eigenvalue weighted by atomic mass is 19.3. The van der Waals surface area contributed by atoms with Crippen LogP contribution in [-0.2, 0) is 29.6 Å². The summed E-state index contributed by atoms with van der Waals surface area (Å²) in [6, 6.07) is 16.7. The molecule has 0 saturated carbocycles. The Bertz CT molecular complexity index is 2420. The first kappa shape index (κ1) is 37.2. The van der Waals surface area contributed by atoms with Gasteiger partial charge in [0.2, 0.25) is 11.8 Å². The number of alkyl halides is 2. The summed E-state index contributed by atoms with van der Waals surface area (Å²) < 4.78 is 33.4. The molecular weight excluding hydrogens is 717 g/mol. The van der Waals surface area contributed by atoms with Crippen LogP contribution in [0.15, 0.2) is 71.8 Å². The summed E-state index contributed by atoms with van der Waals surface area (Å²) in [6.07, 6.45) is 5.64. The quantitative estimate of drug-likeness (QED) is 0.132. The van der Waals surface area contributed by atoms with E-state index < -0.39 is 12.5 Å². The number of likely N-dealkylation sites (N-methyl/N-ethyl adjacent to an activating group) is 1. The largest absolute Gasteiger partial charge is 0.371 e. The first-order chi connectivity index (χ1) is 27.0. The van der Waals surface area contributed by atoms with E-state index in [4.69, 9.17) is 0 Å². The number of rotatable bonds is 9. The van der Waals surface area contributed by atoms with E-state index in [1.807, 2.05) is 71.4 Å². The molecule has 2 aromatic heterocycles. The predicted octanol–water partition coefficient (Wildman–Crippen LogP) is 6.62. The normalized spacial score (nSPS) is 17.9. The zero-order chi connectivity index (χ0) is 39.2. The SMILES string of the molecule is Cc1cc2c(N3CCCc4cc(-c5cnn(C6CCN(c7ccc(C=O)c(CN(C)C8CCC(=O)NC8=O)c7)CC6)c5)c(C(F)F)cc43)cccc2n(C)c1=O. The van der Waals surface area contributed by atoms with Crippen LogP contribution in [0.2, 0.25) is 0 Å². The maximum absolute atomic E-state index is 14.9. The highest BCUT2D eigenvalue weighted by Gasteiger charge is 2.31. The summed E-state index contributed by atoms with van der Waals surface area (Å²) >= 11 is 0. The van der Waals surface area contributed by atoms with Crippen LogP contribution in [0, 0.1) is 6.92 Å². The van der Waals surface area contributed by atoms with E-state index in [0.29, 0.717) is 41.8 Å². The summed E-state index contributed by atoms with van der Waals surface area (Å²) in [6.45, 7) is 4.33. The second-order valence-corrected chi connectivity index (χ2v) is 15.3. The van der Waals surface area contributed by atoms with Gasteiger partial charge in [0.25, 0.3) is 12.0 Å². The van der Waals surface area contributed by atoms with Gasteiger partial charge in [0.1, 0.15) is 6.29 Å². The topological polar surface area (TPSA) is 113 Å². The Hall–Kier alpha value is -5.69. The Morgan fingerprint density at radius 3 is 2.54 bits per heavy atom. The van der Waals surface area contributed by atoms with Crippen molar-refractivity contribution in [2.75, 3.05) is 36.5 Å². The molecule has 290 valence electrons. The smallest absolute Gasteiger partial charge is 0.264 e. The highest BCUT2D eigenvalue weighted by molar-refractivity contribution is 6.00. The lowest BCUT2D eigenvalue weighted by Gasteiger charge is -2.34. The Morgan fingerprint density at radius 1 is 0.982 bits per heavy atom. The van der Waals surface area contributed by atoms with Crippen molar-refractivity contribution in [3.63, 3.8) is 0 Å². The minimum atomic E-state index is -2.69. The average Bonchev–Trinajstić information content (AvgIpc) is 3.69. The predicted molar refractivity (Wildman–Crippen MR) is 212 cm³/mol. The monoisotopic (exact) mass is 761 g/mol. The van der Waals surface area contributed by atoms with E-state index in [2.05, 4.69) is 20.2 Å². The van der Waals surface area contributed by atoms with Gasteiger partial charge in [-0.2, -0.15) is 5.10 Å². The molecule has 2 amide bonds. The number of imide groups is 1. The van der Waals surface area contributed by atoms with Gasteiger partial charge >= 0.3 is 0 Å². The second kappa shape index (κ2) is 15.1. The van der Waals surface area contributed by atoms with E-state index in [1.165, 1.54) is 0 Å². The maximum atomic E-state index is 14.9. The molecular formula is C43H45F2N7O4. The first-order valence-corrected chi connectivity index (χ1v) is 19.2. The number of aromatic nitrogens is 3. The number of aryl methyl sites for hydroxylation is 3. The van der Waals surface area contributed by atoms with Gasteiger partial charge in [0, 0.05) is 84.9 Å². The van der Waals surface area contributed by atoms with Gasteiger partial charge in [0.15, 0.2) is 0 Å². The van der Waals surface area contributed by atoms with Gasteiger partial charge in [0.05, 0.1) is 29.5 Å². The molecule has 2 saturated heterocycles. The maximum Gasteiger partial charge on any atom is 0.264 e. The van der Waals surface area contributed by atoms with Crippen LogP contribution in [0.1, 0.15) is 77.2 Å². The van der Waals surface area contributed by atoms with Crippen LogP contribution in [0.3, 0.4) is 0 Å². The molecule has 1 atom stereocenters. The van der Waals surface area contributed by atoms with Crippen LogP contribution in [-0.4, -0.2) is 70.1 Å². The molecule has 1 unspecified atom stereocenters. The molecule has 0 radical (unpaired) electrons. The lowest BCUT2D eigenvalue weighted by Crippen LogP contribution is -2.51. The number of hydrogen-bond donors (Lipinski definition) is 1. The molecule has 5 heterocycles. The fraction of sp³-hybridized carbons (Fsp3) is 0.372. The van der Waals surface area contributed by atoms with Crippen molar-refractivity contribution in [3.05, 3.63) is 105 Å². The van der Waals surface area contributed by atoms with Crippen molar-refractivity contribution in [3.8, 4) is 11.1 Å². The van der Waals surface area contributed by atoms with Crippen molar-refractivity contribution in [2.24, 2.45) is 7.05 Å². The summed E-state index contributed by atoms with van der Waals surface area (Å²) in [7, 11) is 3.59. The van der Waals surface area contributed by atoms with E-state index >= 15 is 0 Å². The van der Waals surface area contributed by atoms with E-state index in [0.717, 1.165) is 84.2 Å². The molecule has 3 aliphatic heterocycles. The molecule has 5 aromatic rings. The van der Waals surface area contributed by atoms with E-state index in [1.54, 1.807) is 30.8 Å². The molecule has 8 rings (SSSR count). The lowest BCUT2D eigenvalue weighted by molar-refractivity contribution is -0.137. The number of carbonyl (C=O) groups is 3. The fourth-order valence-corrected chi connectivity index (χ4v) is 8.79. The number of amides is 2. The number of halogens is 2. The molecule has 0 spiro atoms.